The van der Waals surface area contributed by atoms with Gasteiger partial charge in [-0.15, -0.1) is 0 Å². The van der Waals surface area contributed by atoms with E-state index in [0.29, 0.717) is 18.8 Å². The Labute approximate surface area is 120 Å². The second-order valence-corrected chi connectivity index (χ2v) is 4.80. The summed E-state index contributed by atoms with van der Waals surface area (Å²) >= 11 is 0. The molecule has 1 amide bonds. The van der Waals surface area contributed by atoms with Gasteiger partial charge in [-0.2, -0.15) is 13.2 Å². The van der Waals surface area contributed by atoms with E-state index in [0.717, 1.165) is 5.56 Å². The molecule has 2 atom stereocenters. The number of nitrogens with one attached hydrogen (secondary N) is 1. The van der Waals surface area contributed by atoms with E-state index in [4.69, 9.17) is 4.74 Å². The van der Waals surface area contributed by atoms with Crippen LogP contribution >= 0.6 is 0 Å². The Balaban J connectivity index is 1.94. The van der Waals surface area contributed by atoms with Gasteiger partial charge in [0.25, 0.3) is 0 Å². The van der Waals surface area contributed by atoms with Crippen molar-refractivity contribution in [3.63, 3.8) is 0 Å². The minimum Gasteiger partial charge on any atom is -0.493 e. The first-order chi connectivity index (χ1) is 9.87. The third kappa shape index (κ3) is 4.35. The quantitative estimate of drug-likeness (QED) is 0.930. The summed E-state index contributed by atoms with van der Waals surface area (Å²) in [6, 6.07) is 6.96. The number of carbonyl (C=O) groups excluding carboxylic acids is 1. The van der Waals surface area contributed by atoms with E-state index in [9.17, 15) is 18.0 Å². The molecule has 7 heteroatoms. The predicted octanol–water partition coefficient (Wildman–Crippen LogP) is 2.59. The van der Waals surface area contributed by atoms with E-state index in [2.05, 4.69) is 10.1 Å². The number of rotatable bonds is 4. The van der Waals surface area contributed by atoms with E-state index < -0.39 is 24.8 Å². The van der Waals surface area contributed by atoms with E-state index in [1.54, 1.807) is 6.07 Å². The lowest BCUT2D eigenvalue weighted by Crippen LogP contribution is -2.40. The van der Waals surface area contributed by atoms with Gasteiger partial charge in [-0.25, -0.2) is 0 Å². The van der Waals surface area contributed by atoms with Crippen LogP contribution in [-0.4, -0.2) is 31.4 Å². The van der Waals surface area contributed by atoms with Gasteiger partial charge in [-0.05, 0) is 13.0 Å². The molecule has 0 aromatic heterocycles. The fourth-order valence-electron chi connectivity index (χ4n) is 2.08. The molecule has 0 aliphatic carbocycles. The van der Waals surface area contributed by atoms with Crippen molar-refractivity contribution >= 4 is 5.91 Å². The molecule has 116 valence electrons. The minimum atomic E-state index is -4.44. The summed E-state index contributed by atoms with van der Waals surface area (Å²) in [7, 11) is 0. The molecule has 0 unspecified atom stereocenters. The fourth-order valence-corrected chi connectivity index (χ4v) is 2.08. The first kappa shape index (κ1) is 15.6. The second kappa shape index (κ2) is 6.34. The molecule has 0 radical (unpaired) electrons. The molecular formula is C14H16F3NO3. The molecule has 1 aromatic rings. The van der Waals surface area contributed by atoms with Gasteiger partial charge in [0.05, 0.1) is 12.6 Å². The molecule has 0 saturated heterocycles. The molecule has 0 saturated carbocycles. The Hall–Kier alpha value is -1.76. The standard InChI is InChI=1S/C14H16F3NO3/c1-9(21-8-14(15,16)17)13(19)18-11-6-7-20-12-5-3-2-4-10(11)12/h2-5,9,11H,6-8H2,1H3,(H,18,19)/t9-,11-/m1/s1. The molecule has 0 bridgehead atoms. The number of benzene rings is 1. The summed E-state index contributed by atoms with van der Waals surface area (Å²) in [5.74, 6) is 0.110. The molecule has 1 N–H and O–H groups in total. The SMILES string of the molecule is C[C@@H](OCC(F)(F)F)C(=O)N[C@@H]1CCOc2ccccc21. The highest BCUT2D eigenvalue weighted by Crippen LogP contribution is 2.31. The average molecular weight is 303 g/mol. The molecule has 1 aliphatic rings. The van der Waals surface area contributed by atoms with Crippen molar-refractivity contribution in [1.29, 1.82) is 0 Å². The van der Waals surface area contributed by atoms with Gasteiger partial charge in [-0.3, -0.25) is 4.79 Å². The normalized spacial score (nSPS) is 19.3. The van der Waals surface area contributed by atoms with Crippen LogP contribution in [0.1, 0.15) is 24.9 Å². The summed E-state index contributed by atoms with van der Waals surface area (Å²) in [6.07, 6.45) is -5.05. The lowest BCUT2D eigenvalue weighted by Gasteiger charge is -2.27. The average Bonchev–Trinajstić information content (AvgIpc) is 2.44. The topological polar surface area (TPSA) is 47.6 Å². The van der Waals surface area contributed by atoms with Gasteiger partial charge < -0.3 is 14.8 Å². The Morgan fingerprint density at radius 3 is 2.90 bits per heavy atom. The highest BCUT2D eigenvalue weighted by molar-refractivity contribution is 5.81. The fraction of sp³-hybridized carbons (Fsp3) is 0.500. The Bertz CT molecular complexity index is 504. The Morgan fingerprint density at radius 1 is 1.48 bits per heavy atom. The van der Waals surface area contributed by atoms with Gasteiger partial charge in [-0.1, -0.05) is 18.2 Å². The maximum Gasteiger partial charge on any atom is 0.411 e. The van der Waals surface area contributed by atoms with Gasteiger partial charge >= 0.3 is 6.18 Å². The van der Waals surface area contributed by atoms with Gasteiger partial charge in [0.15, 0.2) is 0 Å². The highest BCUT2D eigenvalue weighted by Gasteiger charge is 2.31. The van der Waals surface area contributed by atoms with Crippen molar-refractivity contribution in [2.75, 3.05) is 13.2 Å². The highest BCUT2D eigenvalue weighted by atomic mass is 19.4. The number of fused-ring (bicyclic) bond motifs is 1. The van der Waals surface area contributed by atoms with Crippen LogP contribution in [0.3, 0.4) is 0 Å². The number of para-hydroxylation sites is 1. The Kier molecular flexibility index (Phi) is 4.72. The number of halogens is 3. The monoisotopic (exact) mass is 303 g/mol. The van der Waals surface area contributed by atoms with Gasteiger partial charge in [0.1, 0.15) is 18.5 Å². The van der Waals surface area contributed by atoms with Crippen LogP contribution in [0.25, 0.3) is 0 Å². The lowest BCUT2D eigenvalue weighted by atomic mass is 10.0. The molecule has 1 aromatic carbocycles. The third-order valence-electron chi connectivity index (χ3n) is 3.14. The van der Waals surface area contributed by atoms with E-state index >= 15 is 0 Å². The molecule has 21 heavy (non-hydrogen) atoms. The molecule has 2 rings (SSSR count). The van der Waals surface area contributed by atoms with Crippen molar-refractivity contribution in [3.8, 4) is 5.75 Å². The second-order valence-electron chi connectivity index (χ2n) is 4.80. The number of carbonyl (C=O) groups is 1. The number of hydrogen-bond donors (Lipinski definition) is 1. The van der Waals surface area contributed by atoms with Crippen LogP contribution in [-0.2, 0) is 9.53 Å². The largest absolute Gasteiger partial charge is 0.493 e. The van der Waals surface area contributed by atoms with Crippen LogP contribution in [0.4, 0.5) is 13.2 Å². The predicted molar refractivity (Wildman–Crippen MR) is 68.9 cm³/mol. The van der Waals surface area contributed by atoms with Crippen molar-refractivity contribution in [2.24, 2.45) is 0 Å². The number of ether oxygens (including phenoxy) is 2. The molecule has 1 heterocycles. The van der Waals surface area contributed by atoms with Crippen LogP contribution < -0.4 is 10.1 Å². The lowest BCUT2D eigenvalue weighted by molar-refractivity contribution is -0.185. The zero-order chi connectivity index (χ0) is 15.5. The maximum absolute atomic E-state index is 12.1. The molecule has 1 aliphatic heterocycles. The molecule has 4 nitrogen and oxygen atoms in total. The zero-order valence-corrected chi connectivity index (χ0v) is 11.4. The summed E-state index contributed by atoms with van der Waals surface area (Å²) in [5.41, 5.74) is 0.820. The van der Waals surface area contributed by atoms with Crippen LogP contribution in [0.5, 0.6) is 5.75 Å². The van der Waals surface area contributed by atoms with Gasteiger partial charge in [0, 0.05) is 12.0 Å². The minimum absolute atomic E-state index is 0.278. The summed E-state index contributed by atoms with van der Waals surface area (Å²) in [4.78, 5) is 11.9. The van der Waals surface area contributed by atoms with Crippen molar-refractivity contribution in [3.05, 3.63) is 29.8 Å². The van der Waals surface area contributed by atoms with E-state index in [1.807, 2.05) is 18.2 Å². The summed E-state index contributed by atoms with van der Waals surface area (Å²) < 4.78 is 46.2. The molecule has 0 fully saturated rings. The van der Waals surface area contributed by atoms with Gasteiger partial charge in [0.2, 0.25) is 5.91 Å². The number of alkyl halides is 3. The van der Waals surface area contributed by atoms with Crippen LogP contribution in [0.15, 0.2) is 24.3 Å². The van der Waals surface area contributed by atoms with Crippen molar-refractivity contribution in [2.45, 2.75) is 31.7 Å². The van der Waals surface area contributed by atoms with E-state index in [1.165, 1.54) is 6.92 Å². The smallest absolute Gasteiger partial charge is 0.411 e. The van der Waals surface area contributed by atoms with Crippen LogP contribution in [0, 0.1) is 0 Å². The number of hydrogen-bond acceptors (Lipinski definition) is 3. The van der Waals surface area contributed by atoms with Crippen molar-refractivity contribution < 1.29 is 27.4 Å². The van der Waals surface area contributed by atoms with Crippen LogP contribution in [0.2, 0.25) is 0 Å². The van der Waals surface area contributed by atoms with Crippen molar-refractivity contribution in [1.82, 2.24) is 5.32 Å². The summed E-state index contributed by atoms with van der Waals surface area (Å²) in [5, 5.41) is 2.70. The molecule has 0 spiro atoms. The van der Waals surface area contributed by atoms with E-state index in [-0.39, 0.29) is 6.04 Å². The third-order valence-corrected chi connectivity index (χ3v) is 3.14. The first-order valence-corrected chi connectivity index (χ1v) is 6.57. The maximum atomic E-state index is 12.1. The molecular weight excluding hydrogens is 287 g/mol. The first-order valence-electron chi connectivity index (χ1n) is 6.57. The summed E-state index contributed by atoms with van der Waals surface area (Å²) in [6.45, 7) is 0.304. The number of amides is 1. The Morgan fingerprint density at radius 2 is 2.19 bits per heavy atom. The zero-order valence-electron chi connectivity index (χ0n) is 11.4.